The molecule has 152 valence electrons. The molecule has 2 aromatic heterocycles. The smallest absolute Gasteiger partial charge is 0.255 e. The molecule has 0 fully saturated rings. The minimum atomic E-state index is -0.158. The number of benzene rings is 2. The van der Waals surface area contributed by atoms with Crippen molar-refractivity contribution in [2.75, 3.05) is 0 Å². The second-order valence-corrected chi connectivity index (χ2v) is 7.71. The van der Waals surface area contributed by atoms with E-state index in [-0.39, 0.29) is 5.91 Å². The molecule has 0 aliphatic rings. The molecule has 0 saturated carbocycles. The lowest BCUT2D eigenvalue weighted by Gasteiger charge is -2.05. The van der Waals surface area contributed by atoms with Gasteiger partial charge in [0.25, 0.3) is 5.91 Å². The highest BCUT2D eigenvalue weighted by molar-refractivity contribution is 9.10. The van der Waals surface area contributed by atoms with Crippen LogP contribution in [0.15, 0.2) is 63.7 Å². The van der Waals surface area contributed by atoms with Crippen molar-refractivity contribution < 1.29 is 9.32 Å². The molecule has 0 bridgehead atoms. The standard InChI is InChI=1S/C22H20BrN5O2/c1-3-20-25-21(27-30-20)16-7-9-18(10-8-16)28-13-19(14(2)26-28)22(29)24-12-15-5-4-6-17(23)11-15/h4-11,13H,3,12H2,1-2H3,(H,24,29). The lowest BCUT2D eigenvalue weighted by atomic mass is 10.2. The molecule has 1 N–H and O–H groups in total. The van der Waals surface area contributed by atoms with Gasteiger partial charge in [0.1, 0.15) is 0 Å². The third-order valence-corrected chi connectivity index (χ3v) is 5.14. The van der Waals surface area contributed by atoms with Crippen molar-refractivity contribution in [2.24, 2.45) is 0 Å². The SMILES string of the molecule is CCc1nc(-c2ccc(-n3cc(C(=O)NCc4cccc(Br)c4)c(C)n3)cc2)no1. The Morgan fingerprint density at radius 1 is 1.20 bits per heavy atom. The van der Waals surface area contributed by atoms with Crippen molar-refractivity contribution in [3.05, 3.63) is 81.9 Å². The molecule has 30 heavy (non-hydrogen) atoms. The van der Waals surface area contributed by atoms with Crippen molar-refractivity contribution in [3.63, 3.8) is 0 Å². The van der Waals surface area contributed by atoms with Gasteiger partial charge in [0.15, 0.2) is 0 Å². The maximum Gasteiger partial charge on any atom is 0.255 e. The van der Waals surface area contributed by atoms with Crippen molar-refractivity contribution in [1.29, 1.82) is 0 Å². The molecule has 2 heterocycles. The topological polar surface area (TPSA) is 85.8 Å². The van der Waals surface area contributed by atoms with Gasteiger partial charge in [0.2, 0.25) is 11.7 Å². The van der Waals surface area contributed by atoms with Gasteiger partial charge >= 0.3 is 0 Å². The third kappa shape index (κ3) is 4.33. The number of aryl methyl sites for hydroxylation is 2. The van der Waals surface area contributed by atoms with E-state index < -0.39 is 0 Å². The molecular formula is C22H20BrN5O2. The fraction of sp³-hybridized carbons (Fsp3) is 0.182. The van der Waals surface area contributed by atoms with Gasteiger partial charge < -0.3 is 9.84 Å². The third-order valence-electron chi connectivity index (χ3n) is 4.65. The molecule has 4 aromatic rings. The summed E-state index contributed by atoms with van der Waals surface area (Å²) in [5, 5.41) is 11.4. The van der Waals surface area contributed by atoms with E-state index in [1.807, 2.05) is 62.4 Å². The number of carbonyl (C=O) groups is 1. The summed E-state index contributed by atoms with van der Waals surface area (Å²) in [5.41, 5.74) is 3.92. The largest absolute Gasteiger partial charge is 0.348 e. The predicted octanol–water partition coefficient (Wildman–Crippen LogP) is 4.49. The molecule has 8 heteroatoms. The summed E-state index contributed by atoms with van der Waals surface area (Å²) >= 11 is 3.44. The Morgan fingerprint density at radius 2 is 2.00 bits per heavy atom. The van der Waals surface area contributed by atoms with E-state index in [9.17, 15) is 4.79 Å². The molecule has 0 unspecified atom stereocenters. The highest BCUT2D eigenvalue weighted by atomic mass is 79.9. The number of hydrogen-bond acceptors (Lipinski definition) is 5. The summed E-state index contributed by atoms with van der Waals surface area (Å²) in [7, 11) is 0. The molecule has 0 atom stereocenters. The quantitative estimate of drug-likeness (QED) is 0.453. The second kappa shape index (κ2) is 8.62. The highest BCUT2D eigenvalue weighted by Crippen LogP contribution is 2.19. The van der Waals surface area contributed by atoms with Crippen molar-refractivity contribution in [1.82, 2.24) is 25.2 Å². The van der Waals surface area contributed by atoms with Crippen LogP contribution >= 0.6 is 15.9 Å². The van der Waals surface area contributed by atoms with Gasteiger partial charge in [-0.25, -0.2) is 4.68 Å². The summed E-state index contributed by atoms with van der Waals surface area (Å²) in [4.78, 5) is 17.0. The minimum Gasteiger partial charge on any atom is -0.348 e. The van der Waals surface area contributed by atoms with Gasteiger partial charge in [0.05, 0.1) is 16.9 Å². The number of halogens is 1. The first kappa shape index (κ1) is 20.0. The summed E-state index contributed by atoms with van der Waals surface area (Å²) in [6.07, 6.45) is 2.44. The summed E-state index contributed by atoms with van der Waals surface area (Å²) in [6.45, 7) is 4.24. The molecule has 4 rings (SSSR count). The number of aromatic nitrogens is 4. The van der Waals surface area contributed by atoms with Gasteiger partial charge in [-0.2, -0.15) is 10.1 Å². The Labute approximate surface area is 182 Å². The van der Waals surface area contributed by atoms with E-state index in [0.717, 1.165) is 21.3 Å². The molecule has 0 aliphatic carbocycles. The van der Waals surface area contributed by atoms with Crippen LogP contribution < -0.4 is 5.32 Å². The number of hydrogen-bond donors (Lipinski definition) is 1. The van der Waals surface area contributed by atoms with Gasteiger partial charge in [-0.3, -0.25) is 4.79 Å². The van der Waals surface area contributed by atoms with Gasteiger partial charge in [-0.15, -0.1) is 0 Å². The zero-order valence-electron chi connectivity index (χ0n) is 16.6. The average Bonchev–Trinajstić information content (AvgIpc) is 3.39. The molecular weight excluding hydrogens is 446 g/mol. The van der Waals surface area contributed by atoms with Crippen LogP contribution in [0.1, 0.15) is 34.4 Å². The number of nitrogens with zero attached hydrogens (tertiary/aromatic N) is 4. The minimum absolute atomic E-state index is 0.158. The van der Waals surface area contributed by atoms with E-state index in [1.165, 1.54) is 0 Å². The molecule has 0 spiro atoms. The molecule has 2 aromatic carbocycles. The fourth-order valence-corrected chi connectivity index (χ4v) is 3.47. The molecule has 0 saturated heterocycles. The number of nitrogens with one attached hydrogen (secondary N) is 1. The first-order chi connectivity index (χ1) is 14.5. The van der Waals surface area contributed by atoms with E-state index in [4.69, 9.17) is 4.52 Å². The fourth-order valence-electron chi connectivity index (χ4n) is 3.02. The van der Waals surface area contributed by atoms with Gasteiger partial charge in [0, 0.05) is 29.2 Å². The van der Waals surface area contributed by atoms with Crippen molar-refractivity contribution in [2.45, 2.75) is 26.8 Å². The van der Waals surface area contributed by atoms with Crippen LogP contribution in [0, 0.1) is 6.92 Å². The second-order valence-electron chi connectivity index (χ2n) is 6.80. The van der Waals surface area contributed by atoms with Crippen LogP contribution in [0.5, 0.6) is 0 Å². The van der Waals surface area contributed by atoms with E-state index >= 15 is 0 Å². The number of rotatable bonds is 6. The average molecular weight is 466 g/mol. The lowest BCUT2D eigenvalue weighted by Crippen LogP contribution is -2.23. The van der Waals surface area contributed by atoms with Crippen LogP contribution in [0.4, 0.5) is 0 Å². The highest BCUT2D eigenvalue weighted by Gasteiger charge is 2.14. The summed E-state index contributed by atoms with van der Waals surface area (Å²) in [6, 6.07) is 15.5. The van der Waals surface area contributed by atoms with Gasteiger partial charge in [-0.1, -0.05) is 40.1 Å². The zero-order chi connectivity index (χ0) is 21.1. The van der Waals surface area contributed by atoms with Crippen LogP contribution in [-0.2, 0) is 13.0 Å². The molecule has 7 nitrogen and oxygen atoms in total. The Hall–Kier alpha value is -3.26. The van der Waals surface area contributed by atoms with Gasteiger partial charge in [-0.05, 0) is 48.9 Å². The Morgan fingerprint density at radius 3 is 2.70 bits per heavy atom. The Kier molecular flexibility index (Phi) is 5.76. The Balaban J connectivity index is 1.48. The lowest BCUT2D eigenvalue weighted by molar-refractivity contribution is 0.0950. The van der Waals surface area contributed by atoms with E-state index in [0.29, 0.717) is 35.9 Å². The Bertz CT molecular complexity index is 1180. The van der Waals surface area contributed by atoms with E-state index in [2.05, 4.69) is 36.5 Å². The van der Waals surface area contributed by atoms with Crippen LogP contribution in [0.2, 0.25) is 0 Å². The summed E-state index contributed by atoms with van der Waals surface area (Å²) in [5.74, 6) is 1.01. The first-order valence-corrected chi connectivity index (χ1v) is 10.3. The van der Waals surface area contributed by atoms with Crippen molar-refractivity contribution in [3.8, 4) is 17.1 Å². The number of carbonyl (C=O) groups excluding carboxylic acids is 1. The van der Waals surface area contributed by atoms with Crippen LogP contribution in [0.25, 0.3) is 17.1 Å². The molecule has 1 amide bonds. The summed E-state index contributed by atoms with van der Waals surface area (Å²) < 4.78 is 7.84. The van der Waals surface area contributed by atoms with Crippen LogP contribution in [0.3, 0.4) is 0 Å². The van der Waals surface area contributed by atoms with E-state index in [1.54, 1.807) is 10.9 Å². The maximum atomic E-state index is 12.6. The van der Waals surface area contributed by atoms with Crippen molar-refractivity contribution >= 4 is 21.8 Å². The first-order valence-electron chi connectivity index (χ1n) is 9.56. The molecule has 0 radical (unpaired) electrons. The van der Waals surface area contributed by atoms with Crippen LogP contribution in [-0.4, -0.2) is 25.8 Å². The number of amides is 1. The predicted molar refractivity (Wildman–Crippen MR) is 116 cm³/mol. The normalized spacial score (nSPS) is 10.9. The monoisotopic (exact) mass is 465 g/mol. The molecule has 0 aliphatic heterocycles. The maximum absolute atomic E-state index is 12.6. The zero-order valence-corrected chi connectivity index (χ0v) is 18.2.